The van der Waals surface area contributed by atoms with Crippen LogP contribution in [-0.4, -0.2) is 41.0 Å². The van der Waals surface area contributed by atoms with Crippen LogP contribution in [0.2, 0.25) is 0 Å². The van der Waals surface area contributed by atoms with Gasteiger partial charge in [0.1, 0.15) is 0 Å². The van der Waals surface area contributed by atoms with E-state index in [1.165, 1.54) is 0 Å². The number of rotatable bonds is 6. The maximum Gasteiger partial charge on any atom is 0.324 e. The highest BCUT2D eigenvalue weighted by atomic mass is 16.4. The van der Waals surface area contributed by atoms with Crippen LogP contribution in [0.4, 0.5) is 4.79 Å². The second kappa shape index (κ2) is 8.00. The summed E-state index contributed by atoms with van der Waals surface area (Å²) in [6.07, 6.45) is 4.22. The predicted octanol–water partition coefficient (Wildman–Crippen LogP) is 2.38. The molecule has 1 saturated heterocycles. The van der Waals surface area contributed by atoms with Gasteiger partial charge in [-0.15, -0.1) is 0 Å². The monoisotopic (exact) mass is 298 g/mol. The summed E-state index contributed by atoms with van der Waals surface area (Å²) >= 11 is 0. The van der Waals surface area contributed by atoms with Crippen LogP contribution in [-0.2, 0) is 9.59 Å². The van der Waals surface area contributed by atoms with E-state index in [0.717, 1.165) is 19.3 Å². The second-order valence-corrected chi connectivity index (χ2v) is 6.11. The maximum atomic E-state index is 11.9. The molecule has 6 heteroatoms. The van der Waals surface area contributed by atoms with Crippen LogP contribution in [0.3, 0.4) is 0 Å². The smallest absolute Gasteiger partial charge is 0.324 e. The van der Waals surface area contributed by atoms with Gasteiger partial charge >= 0.3 is 12.0 Å². The molecule has 3 amide bonds. The zero-order valence-corrected chi connectivity index (χ0v) is 13.0. The summed E-state index contributed by atoms with van der Waals surface area (Å²) in [7, 11) is 0. The molecule has 120 valence electrons. The second-order valence-electron chi connectivity index (χ2n) is 6.11. The van der Waals surface area contributed by atoms with Crippen molar-refractivity contribution in [2.45, 2.75) is 58.8 Å². The topological polar surface area (TPSA) is 86.7 Å². The van der Waals surface area contributed by atoms with Crippen LogP contribution in [0.1, 0.15) is 58.8 Å². The number of carbonyl (C=O) groups is 3. The third-order valence-electron chi connectivity index (χ3n) is 4.40. The van der Waals surface area contributed by atoms with E-state index in [9.17, 15) is 14.4 Å². The number of hydrogen-bond acceptors (Lipinski definition) is 3. The normalized spacial score (nSPS) is 17.3. The molecule has 0 aromatic rings. The van der Waals surface area contributed by atoms with Gasteiger partial charge in [-0.1, -0.05) is 20.3 Å². The van der Waals surface area contributed by atoms with Crippen LogP contribution >= 0.6 is 0 Å². The maximum absolute atomic E-state index is 11.9. The van der Waals surface area contributed by atoms with Gasteiger partial charge in [0.2, 0.25) is 5.91 Å². The molecule has 0 aromatic heterocycles. The van der Waals surface area contributed by atoms with Gasteiger partial charge in [-0.3, -0.25) is 14.9 Å². The SMILES string of the molecule is CCC1(C)CCN(C(=O)NC(=O)CCCCC(=O)O)CC1. The number of imide groups is 1. The number of carboxylic acids is 1. The van der Waals surface area contributed by atoms with Gasteiger partial charge in [0.15, 0.2) is 0 Å². The number of likely N-dealkylation sites (tertiary alicyclic amines) is 1. The largest absolute Gasteiger partial charge is 0.481 e. The van der Waals surface area contributed by atoms with E-state index in [4.69, 9.17) is 5.11 Å². The highest BCUT2D eigenvalue weighted by molar-refractivity contribution is 5.94. The summed E-state index contributed by atoms with van der Waals surface area (Å²) in [5.74, 6) is -1.19. The average molecular weight is 298 g/mol. The van der Waals surface area contributed by atoms with Crippen LogP contribution in [0.25, 0.3) is 0 Å². The van der Waals surface area contributed by atoms with Crippen molar-refractivity contribution in [1.82, 2.24) is 10.2 Å². The molecular weight excluding hydrogens is 272 g/mol. The minimum atomic E-state index is -0.862. The standard InChI is InChI=1S/C15H26N2O4/c1-3-15(2)8-10-17(11-9-15)14(21)16-12(18)6-4-5-7-13(19)20/h3-11H2,1-2H3,(H,19,20)(H,16,18,21). The van der Waals surface area contributed by atoms with Gasteiger partial charge in [-0.05, 0) is 31.1 Å². The lowest BCUT2D eigenvalue weighted by Crippen LogP contribution is -2.48. The summed E-state index contributed by atoms with van der Waals surface area (Å²) in [5, 5.41) is 10.9. The van der Waals surface area contributed by atoms with Crippen LogP contribution in [0.15, 0.2) is 0 Å². The minimum absolute atomic E-state index is 0.0585. The van der Waals surface area contributed by atoms with Gasteiger partial charge in [0.05, 0.1) is 0 Å². The van der Waals surface area contributed by atoms with Gasteiger partial charge in [0, 0.05) is 25.9 Å². The molecule has 0 spiro atoms. The molecule has 0 radical (unpaired) electrons. The van der Waals surface area contributed by atoms with Gasteiger partial charge < -0.3 is 10.0 Å². The van der Waals surface area contributed by atoms with Crippen molar-refractivity contribution >= 4 is 17.9 Å². The van der Waals surface area contributed by atoms with Crippen LogP contribution in [0, 0.1) is 5.41 Å². The van der Waals surface area contributed by atoms with Crippen molar-refractivity contribution in [3.8, 4) is 0 Å². The third kappa shape index (κ3) is 6.14. The molecule has 0 atom stereocenters. The van der Waals surface area contributed by atoms with E-state index in [1.54, 1.807) is 4.90 Å². The van der Waals surface area contributed by atoms with E-state index >= 15 is 0 Å². The average Bonchev–Trinajstić information content (AvgIpc) is 2.44. The van der Waals surface area contributed by atoms with E-state index in [2.05, 4.69) is 19.2 Å². The van der Waals surface area contributed by atoms with Gasteiger partial charge in [-0.2, -0.15) is 0 Å². The van der Waals surface area contributed by atoms with E-state index in [1.807, 2.05) is 0 Å². The zero-order valence-electron chi connectivity index (χ0n) is 13.0. The summed E-state index contributed by atoms with van der Waals surface area (Å²) in [6, 6.07) is -0.323. The first-order valence-electron chi connectivity index (χ1n) is 7.67. The quantitative estimate of drug-likeness (QED) is 0.737. The summed E-state index contributed by atoms with van der Waals surface area (Å²) in [6.45, 7) is 5.76. The highest BCUT2D eigenvalue weighted by Gasteiger charge is 2.30. The van der Waals surface area contributed by atoms with E-state index < -0.39 is 5.97 Å². The molecule has 1 aliphatic rings. The highest BCUT2D eigenvalue weighted by Crippen LogP contribution is 2.33. The number of amides is 3. The van der Waals surface area contributed by atoms with Crippen LogP contribution in [0.5, 0.6) is 0 Å². The fourth-order valence-electron chi connectivity index (χ4n) is 2.43. The number of aliphatic carboxylic acids is 1. The predicted molar refractivity (Wildman–Crippen MR) is 78.8 cm³/mol. The van der Waals surface area contributed by atoms with Crippen LogP contribution < -0.4 is 5.32 Å². The van der Waals surface area contributed by atoms with Crippen molar-refractivity contribution in [1.29, 1.82) is 0 Å². The Bertz CT molecular complexity index is 387. The molecule has 0 bridgehead atoms. The Hall–Kier alpha value is -1.59. The number of carboxylic acid groups (broad SMARTS) is 1. The number of nitrogens with one attached hydrogen (secondary N) is 1. The summed E-state index contributed by atoms with van der Waals surface area (Å²) in [4.78, 5) is 35.6. The van der Waals surface area contributed by atoms with E-state index in [-0.39, 0.29) is 24.8 Å². The van der Waals surface area contributed by atoms with Crippen molar-refractivity contribution in [2.75, 3.05) is 13.1 Å². The molecule has 1 rings (SSSR count). The molecule has 21 heavy (non-hydrogen) atoms. The lowest BCUT2D eigenvalue weighted by Gasteiger charge is -2.38. The number of nitrogens with zero attached hydrogens (tertiary/aromatic N) is 1. The fourth-order valence-corrected chi connectivity index (χ4v) is 2.43. The molecule has 1 fully saturated rings. The number of hydrogen-bond donors (Lipinski definition) is 2. The first-order valence-corrected chi connectivity index (χ1v) is 7.67. The summed E-state index contributed by atoms with van der Waals surface area (Å²) < 4.78 is 0. The third-order valence-corrected chi connectivity index (χ3v) is 4.40. The molecule has 1 aliphatic heterocycles. The molecular formula is C15H26N2O4. The Morgan fingerprint density at radius 2 is 1.71 bits per heavy atom. The minimum Gasteiger partial charge on any atom is -0.481 e. The molecule has 1 heterocycles. The number of urea groups is 1. The van der Waals surface area contributed by atoms with Gasteiger partial charge in [-0.25, -0.2) is 4.79 Å². The Labute approximate surface area is 125 Å². The van der Waals surface area contributed by atoms with Crippen molar-refractivity contribution in [2.24, 2.45) is 5.41 Å². The van der Waals surface area contributed by atoms with Crippen molar-refractivity contribution in [3.63, 3.8) is 0 Å². The molecule has 2 N–H and O–H groups in total. The Morgan fingerprint density at radius 3 is 2.24 bits per heavy atom. The molecule has 0 unspecified atom stereocenters. The van der Waals surface area contributed by atoms with Crippen molar-refractivity contribution in [3.05, 3.63) is 0 Å². The molecule has 6 nitrogen and oxygen atoms in total. The zero-order chi connectivity index (χ0) is 15.9. The Balaban J connectivity index is 2.24. The molecule has 0 saturated carbocycles. The number of unbranched alkanes of at least 4 members (excludes halogenated alkanes) is 1. The first-order chi connectivity index (χ1) is 9.86. The lowest BCUT2D eigenvalue weighted by atomic mass is 9.78. The fraction of sp³-hybridized carbons (Fsp3) is 0.800. The van der Waals surface area contributed by atoms with E-state index in [0.29, 0.717) is 31.3 Å². The summed E-state index contributed by atoms with van der Waals surface area (Å²) in [5.41, 5.74) is 0.303. The first kappa shape index (κ1) is 17.5. The number of piperidine rings is 1. The Morgan fingerprint density at radius 1 is 1.14 bits per heavy atom. The number of carbonyl (C=O) groups excluding carboxylic acids is 2. The van der Waals surface area contributed by atoms with Crippen molar-refractivity contribution < 1.29 is 19.5 Å². The Kier molecular flexibility index (Phi) is 6.65. The molecule has 0 aromatic carbocycles. The lowest BCUT2D eigenvalue weighted by molar-refractivity contribution is -0.137. The van der Waals surface area contributed by atoms with Gasteiger partial charge in [0.25, 0.3) is 0 Å². The molecule has 0 aliphatic carbocycles.